The highest BCUT2D eigenvalue weighted by atomic mass is 32.2. The fourth-order valence-corrected chi connectivity index (χ4v) is 4.63. The van der Waals surface area contributed by atoms with Crippen LogP contribution in [0.5, 0.6) is 0 Å². The van der Waals surface area contributed by atoms with E-state index in [0.717, 1.165) is 31.2 Å². The van der Waals surface area contributed by atoms with Crippen molar-refractivity contribution in [3.63, 3.8) is 0 Å². The van der Waals surface area contributed by atoms with Gasteiger partial charge in [0.05, 0.1) is 11.4 Å². The molecule has 1 amide bonds. The van der Waals surface area contributed by atoms with Crippen molar-refractivity contribution in [2.75, 3.05) is 10.6 Å². The molecule has 1 fully saturated rings. The molecule has 1 heterocycles. The number of nitrogens with one attached hydrogen (secondary N) is 2. The molecule has 0 unspecified atom stereocenters. The number of para-hydroxylation sites is 1. The minimum Gasteiger partial charge on any atom is -0.365 e. The highest BCUT2D eigenvalue weighted by Gasteiger charge is 2.20. The number of halogens is 1. The molecular formula is C22H23FN6O3S. The molecule has 0 bridgehead atoms. The average Bonchev–Trinajstić information content (AvgIpc) is 3.30. The van der Waals surface area contributed by atoms with Gasteiger partial charge in [0.1, 0.15) is 22.1 Å². The van der Waals surface area contributed by atoms with Crippen LogP contribution in [0.4, 0.5) is 27.5 Å². The third-order valence-corrected chi connectivity index (χ3v) is 6.53. The van der Waals surface area contributed by atoms with Crippen LogP contribution >= 0.6 is 0 Å². The summed E-state index contributed by atoms with van der Waals surface area (Å²) in [6, 6.07) is 10.8. The highest BCUT2D eigenvalue weighted by Crippen LogP contribution is 2.36. The molecule has 2 aromatic carbocycles. The summed E-state index contributed by atoms with van der Waals surface area (Å²) >= 11 is 0. The molecule has 4 rings (SSSR count). The number of sulfonamides is 1. The topological polar surface area (TPSA) is 153 Å². The van der Waals surface area contributed by atoms with E-state index >= 15 is 0 Å². The number of hydrogen-bond donors (Lipinski definition) is 4. The molecule has 1 aliphatic rings. The predicted octanol–water partition coefficient (Wildman–Crippen LogP) is 3.51. The molecule has 6 N–H and O–H groups in total. The SMILES string of the molecule is NC(=O)c1cnc(Nc2cc(C3CCCC3)ccc2F)nc1Nc1ccccc1S(N)(=O)=O. The van der Waals surface area contributed by atoms with Crippen LogP contribution in [-0.2, 0) is 10.0 Å². The number of benzene rings is 2. The third-order valence-electron chi connectivity index (χ3n) is 5.56. The molecule has 0 aliphatic heterocycles. The maximum absolute atomic E-state index is 14.5. The number of carbonyl (C=O) groups excluding carboxylic acids is 1. The monoisotopic (exact) mass is 470 g/mol. The summed E-state index contributed by atoms with van der Waals surface area (Å²) in [7, 11) is -4.05. The molecule has 9 nitrogen and oxygen atoms in total. The van der Waals surface area contributed by atoms with Crippen LogP contribution in [0.25, 0.3) is 0 Å². The Hall–Kier alpha value is -3.57. The maximum Gasteiger partial charge on any atom is 0.254 e. The fraction of sp³-hybridized carbons (Fsp3) is 0.227. The standard InChI is InChI=1S/C22H23FN6O3S/c23-16-10-9-14(13-5-1-2-6-13)11-18(16)28-22-26-12-15(20(24)30)21(29-22)27-17-7-3-4-8-19(17)33(25,31)32/h3-4,7-13H,1-2,5-6H2,(H2,24,30)(H2,25,31,32)(H2,26,27,28,29). The van der Waals surface area contributed by atoms with E-state index in [4.69, 9.17) is 10.9 Å². The Morgan fingerprint density at radius 2 is 1.79 bits per heavy atom. The van der Waals surface area contributed by atoms with Crippen LogP contribution in [-0.4, -0.2) is 24.3 Å². The Morgan fingerprint density at radius 1 is 1.06 bits per heavy atom. The van der Waals surface area contributed by atoms with Gasteiger partial charge < -0.3 is 16.4 Å². The largest absolute Gasteiger partial charge is 0.365 e. The minimum atomic E-state index is -4.05. The van der Waals surface area contributed by atoms with Crippen molar-refractivity contribution in [2.45, 2.75) is 36.5 Å². The maximum atomic E-state index is 14.5. The van der Waals surface area contributed by atoms with Gasteiger partial charge in [0.2, 0.25) is 16.0 Å². The zero-order valence-corrected chi connectivity index (χ0v) is 18.4. The third kappa shape index (κ3) is 5.10. The van der Waals surface area contributed by atoms with Gasteiger partial charge in [-0.2, -0.15) is 4.98 Å². The van der Waals surface area contributed by atoms with Gasteiger partial charge in [-0.1, -0.05) is 31.0 Å². The van der Waals surface area contributed by atoms with Crippen LogP contribution in [0.2, 0.25) is 0 Å². The lowest BCUT2D eigenvalue weighted by Gasteiger charge is -2.15. The number of anilines is 4. The molecular weight excluding hydrogens is 447 g/mol. The van der Waals surface area contributed by atoms with E-state index < -0.39 is 21.7 Å². The molecule has 1 saturated carbocycles. The van der Waals surface area contributed by atoms with Crippen molar-refractivity contribution in [3.05, 3.63) is 65.6 Å². The lowest BCUT2D eigenvalue weighted by Crippen LogP contribution is -2.17. The van der Waals surface area contributed by atoms with E-state index in [9.17, 15) is 17.6 Å². The number of nitrogens with two attached hydrogens (primary N) is 2. The summed E-state index contributed by atoms with van der Waals surface area (Å²) in [6.07, 6.45) is 5.60. The summed E-state index contributed by atoms with van der Waals surface area (Å²) in [6.45, 7) is 0. The first-order valence-electron chi connectivity index (χ1n) is 10.3. The predicted molar refractivity (Wildman–Crippen MR) is 123 cm³/mol. The van der Waals surface area contributed by atoms with Crippen LogP contribution in [0.1, 0.15) is 47.5 Å². The van der Waals surface area contributed by atoms with Crippen molar-refractivity contribution < 1.29 is 17.6 Å². The van der Waals surface area contributed by atoms with Crippen LogP contribution in [0.15, 0.2) is 53.6 Å². The molecule has 0 spiro atoms. The van der Waals surface area contributed by atoms with Crippen molar-refractivity contribution in [3.8, 4) is 0 Å². The van der Waals surface area contributed by atoms with Crippen molar-refractivity contribution in [1.29, 1.82) is 0 Å². The number of carbonyl (C=O) groups is 1. The Bertz CT molecular complexity index is 1310. The molecule has 0 radical (unpaired) electrons. The van der Waals surface area contributed by atoms with E-state index in [-0.39, 0.29) is 33.6 Å². The summed E-state index contributed by atoms with van der Waals surface area (Å²) < 4.78 is 38.3. The molecule has 172 valence electrons. The summed E-state index contributed by atoms with van der Waals surface area (Å²) in [5, 5.41) is 10.9. The number of nitrogens with zero attached hydrogens (tertiary/aromatic N) is 2. The van der Waals surface area contributed by atoms with Gasteiger partial charge in [-0.15, -0.1) is 0 Å². The van der Waals surface area contributed by atoms with E-state index in [1.54, 1.807) is 18.2 Å². The lowest BCUT2D eigenvalue weighted by atomic mass is 9.97. The van der Waals surface area contributed by atoms with Gasteiger partial charge in [0.25, 0.3) is 5.91 Å². The van der Waals surface area contributed by atoms with E-state index in [1.807, 2.05) is 0 Å². The van der Waals surface area contributed by atoms with Gasteiger partial charge in [0.15, 0.2) is 0 Å². The number of primary amides is 1. The Labute approximate surface area is 190 Å². The first kappa shape index (κ1) is 22.6. The molecule has 1 aromatic heterocycles. The van der Waals surface area contributed by atoms with Crippen molar-refractivity contribution in [2.24, 2.45) is 10.9 Å². The number of amides is 1. The van der Waals surface area contributed by atoms with Gasteiger partial charge in [0, 0.05) is 6.20 Å². The van der Waals surface area contributed by atoms with Crippen LogP contribution < -0.4 is 21.5 Å². The van der Waals surface area contributed by atoms with Crippen molar-refractivity contribution in [1.82, 2.24) is 9.97 Å². The smallest absolute Gasteiger partial charge is 0.254 e. The summed E-state index contributed by atoms with van der Waals surface area (Å²) in [5.41, 5.74) is 6.68. The van der Waals surface area contributed by atoms with E-state index in [0.29, 0.717) is 5.92 Å². The normalized spacial score (nSPS) is 14.2. The van der Waals surface area contributed by atoms with Crippen LogP contribution in [0, 0.1) is 5.82 Å². The molecule has 0 saturated heterocycles. The van der Waals surface area contributed by atoms with Crippen molar-refractivity contribution >= 4 is 39.1 Å². The first-order chi connectivity index (χ1) is 15.7. The Morgan fingerprint density at radius 3 is 2.48 bits per heavy atom. The van der Waals surface area contributed by atoms with E-state index in [2.05, 4.69) is 20.6 Å². The molecule has 3 aromatic rings. The minimum absolute atomic E-state index is 0.00180. The summed E-state index contributed by atoms with van der Waals surface area (Å²) in [4.78, 5) is 20.0. The molecule has 0 atom stereocenters. The Kier molecular flexibility index (Phi) is 6.25. The van der Waals surface area contributed by atoms with Gasteiger partial charge in [-0.3, -0.25) is 4.79 Å². The number of rotatable bonds is 7. The van der Waals surface area contributed by atoms with Crippen LogP contribution in [0.3, 0.4) is 0 Å². The lowest BCUT2D eigenvalue weighted by molar-refractivity contribution is 0.100. The second-order valence-electron chi connectivity index (χ2n) is 7.83. The second kappa shape index (κ2) is 9.12. The first-order valence-corrected chi connectivity index (χ1v) is 11.9. The number of primary sulfonamides is 1. The number of aromatic nitrogens is 2. The highest BCUT2D eigenvalue weighted by molar-refractivity contribution is 7.89. The Balaban J connectivity index is 1.68. The average molecular weight is 471 g/mol. The molecule has 1 aliphatic carbocycles. The van der Waals surface area contributed by atoms with E-state index in [1.165, 1.54) is 30.5 Å². The zero-order valence-electron chi connectivity index (χ0n) is 17.6. The van der Waals surface area contributed by atoms with Gasteiger partial charge in [-0.05, 0) is 48.6 Å². The quantitative estimate of drug-likeness (QED) is 0.412. The molecule has 11 heteroatoms. The summed E-state index contributed by atoms with van der Waals surface area (Å²) in [5.74, 6) is -0.974. The van der Waals surface area contributed by atoms with Gasteiger partial charge >= 0.3 is 0 Å². The van der Waals surface area contributed by atoms with Gasteiger partial charge in [-0.25, -0.2) is 22.9 Å². The second-order valence-corrected chi connectivity index (χ2v) is 9.36. The molecule has 33 heavy (non-hydrogen) atoms. The fourth-order valence-electron chi connectivity index (χ4n) is 3.94. The zero-order chi connectivity index (χ0) is 23.6. The number of hydrogen-bond acceptors (Lipinski definition) is 7.